The molecule has 2 fully saturated rings. The van der Waals surface area contributed by atoms with Gasteiger partial charge in [-0.15, -0.1) is 0 Å². The molecule has 1 saturated heterocycles. The van der Waals surface area contributed by atoms with E-state index in [2.05, 4.69) is 0 Å². The zero-order valence-electron chi connectivity index (χ0n) is 11.7. The van der Waals surface area contributed by atoms with Gasteiger partial charge in [0.25, 0.3) is 0 Å². The van der Waals surface area contributed by atoms with Crippen LogP contribution in [0.5, 0.6) is 0 Å². The Balaban J connectivity index is 1.86. The monoisotopic (exact) mass is 300 g/mol. The minimum atomic E-state index is -4.29. The standard InChI is InChI=1S/C16H19F3O2/c17-16(18,19)12-5-3-4-11(10-12)13-6-1-2-7-14(13)15-20-8-9-21-15/h3-5,10,13-15H,1-2,6-9H2/t13-,14+/m0/s1. The van der Waals surface area contributed by atoms with E-state index >= 15 is 0 Å². The highest BCUT2D eigenvalue weighted by atomic mass is 19.4. The first-order valence-electron chi connectivity index (χ1n) is 7.46. The van der Waals surface area contributed by atoms with Crippen molar-refractivity contribution in [3.8, 4) is 0 Å². The maximum absolute atomic E-state index is 12.9. The third-order valence-electron chi connectivity index (χ3n) is 4.46. The second-order valence-electron chi connectivity index (χ2n) is 5.79. The van der Waals surface area contributed by atoms with Crippen LogP contribution in [0.3, 0.4) is 0 Å². The first kappa shape index (κ1) is 14.9. The van der Waals surface area contributed by atoms with Crippen LogP contribution in [0, 0.1) is 5.92 Å². The van der Waals surface area contributed by atoms with Gasteiger partial charge in [0, 0.05) is 5.92 Å². The molecule has 0 amide bonds. The van der Waals surface area contributed by atoms with Gasteiger partial charge in [-0.1, -0.05) is 31.0 Å². The lowest BCUT2D eigenvalue weighted by Crippen LogP contribution is -2.30. The van der Waals surface area contributed by atoms with Gasteiger partial charge in [-0.3, -0.25) is 0 Å². The average Bonchev–Trinajstić information content (AvgIpc) is 3.01. The predicted octanol–water partition coefficient (Wildman–Crippen LogP) is 4.35. The van der Waals surface area contributed by atoms with Crippen molar-refractivity contribution >= 4 is 0 Å². The Hall–Kier alpha value is -1.07. The molecule has 1 saturated carbocycles. The molecule has 2 atom stereocenters. The van der Waals surface area contributed by atoms with E-state index in [1.165, 1.54) is 12.1 Å². The zero-order chi connectivity index (χ0) is 14.9. The molecule has 5 heteroatoms. The van der Waals surface area contributed by atoms with Crippen LogP contribution in [-0.2, 0) is 15.7 Å². The van der Waals surface area contributed by atoms with E-state index in [-0.39, 0.29) is 18.1 Å². The van der Waals surface area contributed by atoms with Crippen molar-refractivity contribution in [1.29, 1.82) is 0 Å². The predicted molar refractivity (Wildman–Crippen MR) is 71.8 cm³/mol. The molecule has 21 heavy (non-hydrogen) atoms. The number of hydrogen-bond acceptors (Lipinski definition) is 2. The maximum atomic E-state index is 12.9. The van der Waals surface area contributed by atoms with E-state index in [0.29, 0.717) is 13.2 Å². The summed E-state index contributed by atoms with van der Waals surface area (Å²) in [7, 11) is 0. The molecule has 1 aromatic rings. The smallest absolute Gasteiger partial charge is 0.350 e. The van der Waals surface area contributed by atoms with Crippen LogP contribution in [0.15, 0.2) is 24.3 Å². The lowest BCUT2D eigenvalue weighted by atomic mass is 9.75. The summed E-state index contributed by atoms with van der Waals surface area (Å²) in [6, 6.07) is 5.72. The summed E-state index contributed by atoms with van der Waals surface area (Å²) >= 11 is 0. The SMILES string of the molecule is FC(F)(F)c1cccc([C@@H]2CCCC[C@H]2C2OCCO2)c1. The zero-order valence-corrected chi connectivity index (χ0v) is 11.7. The molecule has 1 aromatic carbocycles. The highest BCUT2D eigenvalue weighted by Gasteiger charge is 2.37. The molecule has 0 unspecified atom stereocenters. The molecule has 0 bridgehead atoms. The van der Waals surface area contributed by atoms with Gasteiger partial charge in [0.05, 0.1) is 18.8 Å². The summed E-state index contributed by atoms with van der Waals surface area (Å²) in [6.07, 6.45) is -0.570. The Bertz CT molecular complexity index is 481. The fourth-order valence-corrected chi connectivity index (χ4v) is 3.47. The van der Waals surface area contributed by atoms with E-state index in [1.54, 1.807) is 6.07 Å². The summed E-state index contributed by atoms with van der Waals surface area (Å²) in [5.41, 5.74) is 0.186. The molecule has 1 aliphatic carbocycles. The van der Waals surface area contributed by atoms with Gasteiger partial charge in [0.2, 0.25) is 0 Å². The summed E-state index contributed by atoms with van der Waals surface area (Å²) in [5.74, 6) is 0.244. The molecule has 0 aromatic heterocycles. The number of hydrogen-bond donors (Lipinski definition) is 0. The van der Waals surface area contributed by atoms with Gasteiger partial charge < -0.3 is 9.47 Å². The molecule has 2 aliphatic rings. The van der Waals surface area contributed by atoms with Crippen molar-refractivity contribution in [2.24, 2.45) is 5.92 Å². The van der Waals surface area contributed by atoms with Crippen molar-refractivity contribution in [2.45, 2.75) is 44.1 Å². The van der Waals surface area contributed by atoms with E-state index < -0.39 is 11.7 Å². The average molecular weight is 300 g/mol. The molecule has 1 aliphatic heterocycles. The first-order valence-corrected chi connectivity index (χ1v) is 7.46. The van der Waals surface area contributed by atoms with Gasteiger partial charge in [-0.2, -0.15) is 13.2 Å². The molecule has 3 rings (SSSR count). The van der Waals surface area contributed by atoms with Gasteiger partial charge in [0.1, 0.15) is 0 Å². The quantitative estimate of drug-likeness (QED) is 0.808. The highest BCUT2D eigenvalue weighted by Crippen LogP contribution is 2.42. The number of benzene rings is 1. The molecular formula is C16H19F3O2. The van der Waals surface area contributed by atoms with Crippen molar-refractivity contribution in [3.05, 3.63) is 35.4 Å². The minimum Gasteiger partial charge on any atom is -0.350 e. The van der Waals surface area contributed by atoms with Crippen LogP contribution < -0.4 is 0 Å². The normalized spacial score (nSPS) is 28.0. The summed E-state index contributed by atoms with van der Waals surface area (Å²) in [4.78, 5) is 0. The minimum absolute atomic E-state index is 0.0872. The van der Waals surface area contributed by atoms with Crippen LogP contribution in [0.1, 0.15) is 42.7 Å². The summed E-state index contributed by atoms with van der Waals surface area (Å²) in [5, 5.41) is 0. The number of alkyl halides is 3. The summed E-state index contributed by atoms with van der Waals surface area (Å²) in [6.45, 7) is 1.16. The second-order valence-corrected chi connectivity index (χ2v) is 5.79. The molecule has 116 valence electrons. The van der Waals surface area contributed by atoms with E-state index in [0.717, 1.165) is 37.3 Å². The Morgan fingerprint density at radius 1 is 1.00 bits per heavy atom. The fourth-order valence-electron chi connectivity index (χ4n) is 3.47. The van der Waals surface area contributed by atoms with E-state index in [9.17, 15) is 13.2 Å². The molecule has 1 heterocycles. The Kier molecular flexibility index (Phi) is 4.22. The number of ether oxygens (including phenoxy) is 2. The molecule has 2 nitrogen and oxygen atoms in total. The van der Waals surface area contributed by atoms with Crippen molar-refractivity contribution in [3.63, 3.8) is 0 Å². The van der Waals surface area contributed by atoms with Crippen molar-refractivity contribution in [2.75, 3.05) is 13.2 Å². The van der Waals surface area contributed by atoms with Gasteiger partial charge in [-0.05, 0) is 30.4 Å². The molecule has 0 spiro atoms. The first-order chi connectivity index (χ1) is 10.1. The van der Waals surface area contributed by atoms with E-state index in [1.807, 2.05) is 0 Å². The highest BCUT2D eigenvalue weighted by molar-refractivity contribution is 5.29. The molecular weight excluding hydrogens is 281 g/mol. The summed E-state index contributed by atoms with van der Waals surface area (Å²) < 4.78 is 49.8. The second kappa shape index (κ2) is 5.97. The maximum Gasteiger partial charge on any atom is 0.416 e. The van der Waals surface area contributed by atoms with Crippen LogP contribution in [-0.4, -0.2) is 19.5 Å². The van der Waals surface area contributed by atoms with E-state index in [4.69, 9.17) is 9.47 Å². The van der Waals surface area contributed by atoms with Gasteiger partial charge in [-0.25, -0.2) is 0 Å². The fraction of sp³-hybridized carbons (Fsp3) is 0.625. The largest absolute Gasteiger partial charge is 0.416 e. The number of rotatable bonds is 2. The third-order valence-corrected chi connectivity index (χ3v) is 4.46. The lowest BCUT2D eigenvalue weighted by molar-refractivity contribution is -0.137. The number of halogens is 3. The van der Waals surface area contributed by atoms with Crippen LogP contribution in [0.2, 0.25) is 0 Å². The molecule has 0 radical (unpaired) electrons. The van der Waals surface area contributed by atoms with Crippen molar-refractivity contribution < 1.29 is 22.6 Å². The van der Waals surface area contributed by atoms with Gasteiger partial charge in [0.15, 0.2) is 6.29 Å². The topological polar surface area (TPSA) is 18.5 Å². The Labute approximate surface area is 122 Å². The third kappa shape index (κ3) is 3.24. The van der Waals surface area contributed by atoms with Gasteiger partial charge >= 0.3 is 6.18 Å². The lowest BCUT2D eigenvalue weighted by Gasteiger charge is -2.34. The van der Waals surface area contributed by atoms with Crippen LogP contribution in [0.4, 0.5) is 13.2 Å². The molecule has 0 N–H and O–H groups in total. The van der Waals surface area contributed by atoms with Crippen molar-refractivity contribution in [1.82, 2.24) is 0 Å². The van der Waals surface area contributed by atoms with Crippen LogP contribution >= 0.6 is 0 Å². The Morgan fingerprint density at radius 3 is 2.43 bits per heavy atom. The Morgan fingerprint density at radius 2 is 1.71 bits per heavy atom. The van der Waals surface area contributed by atoms with Crippen LogP contribution in [0.25, 0.3) is 0 Å².